The van der Waals surface area contributed by atoms with Crippen molar-refractivity contribution in [3.8, 4) is 5.75 Å². The minimum absolute atomic E-state index is 0.112. The molecule has 5 rings (SSSR count). The first kappa shape index (κ1) is 30.2. The standard InChI is InChI=1S/C32H43ClN2O5S/c1-21-6-5-8-26(19-36)29-13-10-25(29)18-35-15-4-3-7-23-16-28(33)12-9-27(23)20-40-31-14-11-24(17-30(31)35)32(37)34-41(38,39)22(21)2/h9,11-12,14,16-17,21-22,25-26,29,36H,3-8,10,13,15,18-20H2,1-2H3,(H,34,37)/t21?,22?,25?,26-,29?/m0/s1. The number of anilines is 1. The lowest BCUT2D eigenvalue weighted by Crippen LogP contribution is -2.43. The molecule has 1 aliphatic carbocycles. The number of aryl methyl sites for hydroxylation is 1. The zero-order chi connectivity index (χ0) is 29.1. The maximum absolute atomic E-state index is 13.3. The molecule has 1 saturated carbocycles. The van der Waals surface area contributed by atoms with Crippen molar-refractivity contribution in [3.63, 3.8) is 0 Å². The molecule has 2 heterocycles. The molecule has 2 aliphatic heterocycles. The van der Waals surface area contributed by atoms with Gasteiger partial charge in [-0.1, -0.05) is 31.0 Å². The summed E-state index contributed by atoms with van der Waals surface area (Å²) in [5.74, 6) is 1.04. The summed E-state index contributed by atoms with van der Waals surface area (Å²) in [7, 11) is -3.87. The van der Waals surface area contributed by atoms with Gasteiger partial charge in [0.1, 0.15) is 12.4 Å². The van der Waals surface area contributed by atoms with E-state index in [0.29, 0.717) is 34.8 Å². The number of aliphatic hydroxyl groups is 1. The molecule has 2 aromatic carbocycles. The Labute approximate surface area is 249 Å². The van der Waals surface area contributed by atoms with Crippen molar-refractivity contribution < 1.29 is 23.1 Å². The van der Waals surface area contributed by atoms with Gasteiger partial charge in [-0.15, -0.1) is 0 Å². The highest BCUT2D eigenvalue weighted by atomic mass is 35.5. The second-order valence-corrected chi connectivity index (χ2v) is 14.8. The van der Waals surface area contributed by atoms with Crippen LogP contribution in [0, 0.1) is 23.7 Å². The summed E-state index contributed by atoms with van der Waals surface area (Å²) in [6, 6.07) is 11.2. The molecular formula is C32H43ClN2O5S. The van der Waals surface area contributed by atoms with Gasteiger partial charge in [0.15, 0.2) is 0 Å². The van der Waals surface area contributed by atoms with E-state index in [-0.39, 0.29) is 18.4 Å². The number of aliphatic hydroxyl groups excluding tert-OH is 1. The molecule has 2 aromatic rings. The van der Waals surface area contributed by atoms with Gasteiger partial charge < -0.3 is 14.7 Å². The summed E-state index contributed by atoms with van der Waals surface area (Å²) in [5, 5.41) is 10.3. The van der Waals surface area contributed by atoms with E-state index in [0.717, 1.165) is 75.7 Å². The number of rotatable bonds is 1. The van der Waals surface area contributed by atoms with Crippen LogP contribution in [0.3, 0.4) is 0 Å². The lowest BCUT2D eigenvalue weighted by molar-refractivity contribution is 0.0575. The Kier molecular flexibility index (Phi) is 9.51. The molecule has 0 radical (unpaired) electrons. The second kappa shape index (κ2) is 12.9. The molecule has 7 nitrogen and oxygen atoms in total. The van der Waals surface area contributed by atoms with Gasteiger partial charge in [-0.2, -0.15) is 0 Å². The van der Waals surface area contributed by atoms with Crippen LogP contribution in [0.1, 0.15) is 80.3 Å². The normalized spacial score (nSPS) is 29.0. The van der Waals surface area contributed by atoms with Gasteiger partial charge in [-0.25, -0.2) is 13.1 Å². The van der Waals surface area contributed by atoms with E-state index in [1.807, 2.05) is 25.1 Å². The summed E-state index contributed by atoms with van der Waals surface area (Å²) in [5.41, 5.74) is 3.39. The minimum Gasteiger partial charge on any atom is -0.487 e. The van der Waals surface area contributed by atoms with Gasteiger partial charge in [0, 0.05) is 30.3 Å². The Bertz CT molecular complexity index is 1350. The quantitative estimate of drug-likeness (QED) is 0.418. The lowest BCUT2D eigenvalue weighted by atomic mass is 9.65. The van der Waals surface area contributed by atoms with Crippen LogP contribution in [-0.2, 0) is 23.1 Å². The number of hydrogen-bond donors (Lipinski definition) is 2. The Morgan fingerprint density at radius 1 is 1.02 bits per heavy atom. The molecule has 0 aromatic heterocycles. The van der Waals surface area contributed by atoms with Gasteiger partial charge in [-0.05, 0) is 117 Å². The summed E-state index contributed by atoms with van der Waals surface area (Å²) < 4.78 is 35.1. The first-order valence-electron chi connectivity index (χ1n) is 15.1. The third-order valence-corrected chi connectivity index (χ3v) is 11.9. The number of carbonyl (C=O) groups excluding carboxylic acids is 1. The fourth-order valence-corrected chi connectivity index (χ4v) is 8.27. The predicted octanol–water partition coefficient (Wildman–Crippen LogP) is 5.96. The van der Waals surface area contributed by atoms with Gasteiger partial charge >= 0.3 is 0 Å². The van der Waals surface area contributed by atoms with Gasteiger partial charge in [0.2, 0.25) is 10.0 Å². The van der Waals surface area contributed by atoms with Crippen LogP contribution >= 0.6 is 11.6 Å². The van der Waals surface area contributed by atoms with Crippen LogP contribution in [0.25, 0.3) is 0 Å². The highest BCUT2D eigenvalue weighted by Gasteiger charge is 2.38. The largest absolute Gasteiger partial charge is 0.487 e. The Morgan fingerprint density at radius 3 is 2.61 bits per heavy atom. The van der Waals surface area contributed by atoms with E-state index in [1.165, 1.54) is 5.56 Å². The van der Waals surface area contributed by atoms with Crippen LogP contribution in [0.4, 0.5) is 5.69 Å². The maximum Gasteiger partial charge on any atom is 0.264 e. The smallest absolute Gasteiger partial charge is 0.264 e. The lowest BCUT2D eigenvalue weighted by Gasteiger charge is -2.44. The number of benzene rings is 2. The Hall–Kier alpha value is -2.29. The fraction of sp³-hybridized carbons (Fsp3) is 0.594. The minimum atomic E-state index is -3.87. The first-order valence-corrected chi connectivity index (χ1v) is 17.0. The highest BCUT2D eigenvalue weighted by Crippen LogP contribution is 2.44. The second-order valence-electron chi connectivity index (χ2n) is 12.3. The van der Waals surface area contributed by atoms with Crippen LogP contribution in [0.2, 0.25) is 5.02 Å². The van der Waals surface area contributed by atoms with Crippen LogP contribution in [0.5, 0.6) is 5.75 Å². The highest BCUT2D eigenvalue weighted by molar-refractivity contribution is 7.90. The molecule has 0 saturated heterocycles. The molecule has 5 atom stereocenters. The summed E-state index contributed by atoms with van der Waals surface area (Å²) in [4.78, 5) is 15.6. The van der Waals surface area contributed by atoms with Gasteiger partial charge in [-0.3, -0.25) is 4.79 Å². The number of sulfonamides is 1. The summed E-state index contributed by atoms with van der Waals surface area (Å²) in [6.07, 6.45) is 7.54. The number of nitrogens with zero attached hydrogens (tertiary/aromatic N) is 1. The van der Waals surface area contributed by atoms with Crippen molar-refractivity contribution in [1.29, 1.82) is 0 Å². The molecule has 224 valence electrons. The van der Waals surface area contributed by atoms with Crippen molar-refractivity contribution in [3.05, 3.63) is 58.1 Å². The molecule has 41 heavy (non-hydrogen) atoms. The third-order valence-electron chi connectivity index (χ3n) is 9.77. The SMILES string of the molecule is CC1CCC[C@@H](CO)C2CCC2CN2CCCCc3cc(Cl)ccc3COc3ccc(cc32)C(=O)NS(=O)(=O)C1C. The van der Waals surface area contributed by atoms with Crippen molar-refractivity contribution in [2.24, 2.45) is 23.7 Å². The molecular weight excluding hydrogens is 560 g/mol. The third kappa shape index (κ3) is 6.86. The Balaban J connectivity index is 1.53. The number of ether oxygens (including phenoxy) is 1. The molecule has 3 aliphatic rings. The zero-order valence-electron chi connectivity index (χ0n) is 24.1. The van der Waals surface area contributed by atoms with Crippen molar-refractivity contribution >= 4 is 33.2 Å². The maximum atomic E-state index is 13.3. The van der Waals surface area contributed by atoms with E-state index in [1.54, 1.807) is 25.1 Å². The average Bonchev–Trinajstić information content (AvgIpc) is 2.96. The van der Waals surface area contributed by atoms with Crippen LogP contribution in [-0.4, -0.2) is 44.4 Å². The van der Waals surface area contributed by atoms with Crippen LogP contribution in [0.15, 0.2) is 36.4 Å². The van der Waals surface area contributed by atoms with Crippen molar-refractivity contribution in [2.45, 2.75) is 77.1 Å². The molecule has 0 spiro atoms. The number of carbonyl (C=O) groups is 1. The van der Waals surface area contributed by atoms with Crippen molar-refractivity contribution in [2.75, 3.05) is 24.6 Å². The number of halogens is 1. The van der Waals surface area contributed by atoms with Gasteiger partial charge in [0.05, 0.1) is 10.9 Å². The molecule has 2 bridgehead atoms. The van der Waals surface area contributed by atoms with Gasteiger partial charge in [0.25, 0.3) is 5.91 Å². The topological polar surface area (TPSA) is 95.9 Å². The number of amides is 1. The first-order chi connectivity index (χ1) is 19.7. The predicted molar refractivity (Wildman–Crippen MR) is 163 cm³/mol. The van der Waals surface area contributed by atoms with E-state index >= 15 is 0 Å². The zero-order valence-corrected chi connectivity index (χ0v) is 25.7. The number of fused-ring (bicyclic) bond motifs is 3. The number of hydrogen-bond acceptors (Lipinski definition) is 6. The monoisotopic (exact) mass is 602 g/mol. The molecule has 4 unspecified atom stereocenters. The van der Waals surface area contributed by atoms with Crippen LogP contribution < -0.4 is 14.4 Å². The average molecular weight is 603 g/mol. The molecule has 9 heteroatoms. The summed E-state index contributed by atoms with van der Waals surface area (Å²) >= 11 is 6.31. The van der Waals surface area contributed by atoms with E-state index in [9.17, 15) is 18.3 Å². The molecule has 2 N–H and O–H groups in total. The van der Waals surface area contributed by atoms with E-state index in [4.69, 9.17) is 16.3 Å². The number of nitrogens with one attached hydrogen (secondary N) is 1. The fourth-order valence-electron chi connectivity index (χ4n) is 6.77. The molecule has 1 fully saturated rings. The Morgan fingerprint density at radius 2 is 1.85 bits per heavy atom. The summed E-state index contributed by atoms with van der Waals surface area (Å²) in [6.45, 7) is 5.74. The van der Waals surface area contributed by atoms with Crippen molar-refractivity contribution in [1.82, 2.24) is 4.72 Å². The van der Waals surface area contributed by atoms with E-state index < -0.39 is 21.2 Å². The molecule has 1 amide bonds. The van der Waals surface area contributed by atoms with E-state index in [2.05, 4.69) is 9.62 Å².